The molecule has 0 spiro atoms. The maximum absolute atomic E-state index is 11.8. The molecular formula is C16H28IN5O2S. The van der Waals surface area contributed by atoms with Gasteiger partial charge in [0.05, 0.1) is 11.6 Å². The lowest BCUT2D eigenvalue weighted by molar-refractivity contribution is -0.127. The summed E-state index contributed by atoms with van der Waals surface area (Å²) in [7, 11) is 5.48. The van der Waals surface area contributed by atoms with Gasteiger partial charge in [-0.1, -0.05) is 0 Å². The maximum Gasteiger partial charge on any atom is 0.243 e. The van der Waals surface area contributed by atoms with E-state index >= 15 is 0 Å². The van der Waals surface area contributed by atoms with Crippen LogP contribution in [0.15, 0.2) is 16.6 Å². The number of ether oxygens (including phenoxy) is 1. The second-order valence-electron chi connectivity index (χ2n) is 6.14. The van der Waals surface area contributed by atoms with E-state index in [4.69, 9.17) is 4.74 Å². The number of guanidine groups is 1. The molecule has 2 rings (SSSR count). The molecule has 1 atom stereocenters. The summed E-state index contributed by atoms with van der Waals surface area (Å²) in [5, 5.41) is 6.48. The first-order valence-corrected chi connectivity index (χ1v) is 9.10. The van der Waals surface area contributed by atoms with Crippen molar-refractivity contribution in [3.05, 3.63) is 16.6 Å². The van der Waals surface area contributed by atoms with Gasteiger partial charge in [-0.2, -0.15) is 0 Å². The first-order valence-electron chi connectivity index (χ1n) is 8.22. The second-order valence-corrected chi connectivity index (χ2v) is 7.12. The fourth-order valence-corrected chi connectivity index (χ4v) is 2.93. The molecule has 25 heavy (non-hydrogen) atoms. The molecule has 0 aromatic carbocycles. The Labute approximate surface area is 170 Å². The van der Waals surface area contributed by atoms with Crippen LogP contribution in [-0.2, 0) is 16.0 Å². The molecule has 1 fully saturated rings. The van der Waals surface area contributed by atoms with E-state index in [2.05, 4.69) is 20.2 Å². The molecule has 0 saturated carbocycles. The van der Waals surface area contributed by atoms with Crippen LogP contribution in [0.4, 0.5) is 0 Å². The molecular weight excluding hydrogens is 453 g/mol. The number of hydrogen-bond acceptors (Lipinski definition) is 5. The van der Waals surface area contributed by atoms with Gasteiger partial charge in [-0.3, -0.25) is 4.79 Å². The van der Waals surface area contributed by atoms with E-state index in [1.54, 1.807) is 30.3 Å². The molecule has 1 amide bonds. The van der Waals surface area contributed by atoms with Gasteiger partial charge in [0.2, 0.25) is 5.91 Å². The van der Waals surface area contributed by atoms with Gasteiger partial charge < -0.3 is 19.9 Å². The van der Waals surface area contributed by atoms with Crippen LogP contribution in [0, 0.1) is 5.92 Å². The Morgan fingerprint density at radius 3 is 2.88 bits per heavy atom. The monoisotopic (exact) mass is 481 g/mol. The Morgan fingerprint density at radius 2 is 2.28 bits per heavy atom. The number of nitrogens with one attached hydrogen (secondary N) is 1. The van der Waals surface area contributed by atoms with Gasteiger partial charge in [0.25, 0.3) is 0 Å². The van der Waals surface area contributed by atoms with Crippen molar-refractivity contribution < 1.29 is 9.53 Å². The van der Waals surface area contributed by atoms with Gasteiger partial charge in [0.15, 0.2) is 5.96 Å². The van der Waals surface area contributed by atoms with Gasteiger partial charge in [0.1, 0.15) is 6.54 Å². The van der Waals surface area contributed by atoms with Gasteiger partial charge in [0, 0.05) is 64.8 Å². The molecule has 1 unspecified atom stereocenters. The Morgan fingerprint density at radius 1 is 1.48 bits per heavy atom. The van der Waals surface area contributed by atoms with Crippen LogP contribution in [0.25, 0.3) is 0 Å². The standard InChI is InChI=1S/C16H27N5O2S.HI/c1-20(2)15(22)11-19-16(18-10-13-5-8-23-12-13)21(3)7-4-14-17-6-9-24-14;/h6,9,13H,4-5,7-8,10-12H2,1-3H3,(H,18,19);1H. The zero-order valence-electron chi connectivity index (χ0n) is 15.1. The van der Waals surface area contributed by atoms with Crippen LogP contribution in [0.2, 0.25) is 0 Å². The first kappa shape index (κ1) is 22.1. The summed E-state index contributed by atoms with van der Waals surface area (Å²) in [6.07, 6.45) is 3.76. The second kappa shape index (κ2) is 11.6. The number of hydrogen-bond donors (Lipinski definition) is 1. The van der Waals surface area contributed by atoms with E-state index < -0.39 is 0 Å². The van der Waals surface area contributed by atoms with Gasteiger partial charge in [-0.15, -0.1) is 35.3 Å². The van der Waals surface area contributed by atoms with E-state index in [0.29, 0.717) is 5.92 Å². The topological polar surface area (TPSA) is 70.1 Å². The number of likely N-dealkylation sites (N-methyl/N-ethyl adjacent to an activating group) is 2. The number of carbonyl (C=O) groups excluding carboxylic acids is 1. The highest BCUT2D eigenvalue weighted by Gasteiger charge is 2.17. The number of nitrogens with zero attached hydrogens (tertiary/aromatic N) is 4. The van der Waals surface area contributed by atoms with Crippen LogP contribution in [0.3, 0.4) is 0 Å². The van der Waals surface area contributed by atoms with E-state index in [1.165, 1.54) is 0 Å². The smallest absolute Gasteiger partial charge is 0.243 e. The Hall–Kier alpha value is -0.940. The lowest BCUT2D eigenvalue weighted by atomic mass is 10.1. The molecule has 0 radical (unpaired) electrons. The van der Waals surface area contributed by atoms with Crippen molar-refractivity contribution in [1.82, 2.24) is 20.1 Å². The fraction of sp³-hybridized carbons (Fsp3) is 0.688. The molecule has 0 aliphatic carbocycles. The minimum absolute atomic E-state index is 0. The maximum atomic E-state index is 11.8. The lowest BCUT2D eigenvalue weighted by Crippen LogP contribution is -2.42. The third-order valence-electron chi connectivity index (χ3n) is 3.94. The van der Waals surface area contributed by atoms with Gasteiger partial charge in [-0.25, -0.2) is 9.98 Å². The molecule has 2 heterocycles. The molecule has 1 aliphatic rings. The molecule has 7 nitrogen and oxygen atoms in total. The zero-order chi connectivity index (χ0) is 17.4. The summed E-state index contributed by atoms with van der Waals surface area (Å²) >= 11 is 1.66. The molecule has 142 valence electrons. The minimum Gasteiger partial charge on any atom is -0.381 e. The highest BCUT2D eigenvalue weighted by Crippen LogP contribution is 2.11. The van der Waals surface area contributed by atoms with Crippen molar-refractivity contribution in [3.63, 3.8) is 0 Å². The van der Waals surface area contributed by atoms with Crippen molar-refractivity contribution >= 4 is 47.2 Å². The first-order chi connectivity index (χ1) is 11.6. The summed E-state index contributed by atoms with van der Waals surface area (Å²) in [6.45, 7) is 3.39. The van der Waals surface area contributed by atoms with Crippen LogP contribution < -0.4 is 5.32 Å². The van der Waals surface area contributed by atoms with E-state index in [0.717, 1.165) is 50.1 Å². The van der Waals surface area contributed by atoms with Crippen molar-refractivity contribution in [2.24, 2.45) is 10.9 Å². The van der Waals surface area contributed by atoms with Crippen LogP contribution in [0.1, 0.15) is 11.4 Å². The highest BCUT2D eigenvalue weighted by atomic mass is 127. The number of thiazole rings is 1. The quantitative estimate of drug-likeness (QED) is 0.362. The highest BCUT2D eigenvalue weighted by molar-refractivity contribution is 14.0. The molecule has 1 N–H and O–H groups in total. The number of rotatable bonds is 7. The third kappa shape index (κ3) is 7.87. The summed E-state index contributed by atoms with van der Waals surface area (Å²) in [6, 6.07) is 0. The molecule has 1 aromatic rings. The number of aromatic nitrogens is 1. The Bertz CT molecular complexity index is 533. The SMILES string of the molecule is CN(C)C(=O)CN=C(NCC1CCOC1)N(C)CCc1nccs1.I. The van der Waals surface area contributed by atoms with E-state index in [9.17, 15) is 4.79 Å². The summed E-state index contributed by atoms with van der Waals surface area (Å²) in [4.78, 5) is 24.2. The minimum atomic E-state index is -0.00757. The van der Waals surface area contributed by atoms with Crippen molar-refractivity contribution in [2.75, 3.05) is 54.0 Å². The predicted molar refractivity (Wildman–Crippen MR) is 112 cm³/mol. The van der Waals surface area contributed by atoms with Crippen LogP contribution >= 0.6 is 35.3 Å². The average molecular weight is 481 g/mol. The predicted octanol–water partition coefficient (Wildman–Crippen LogP) is 1.31. The Kier molecular flexibility index (Phi) is 10.3. The van der Waals surface area contributed by atoms with Crippen molar-refractivity contribution in [2.45, 2.75) is 12.8 Å². The lowest BCUT2D eigenvalue weighted by Gasteiger charge is -2.23. The normalized spacial score (nSPS) is 17.1. The average Bonchev–Trinajstić information content (AvgIpc) is 3.25. The molecule has 0 bridgehead atoms. The molecule has 1 aromatic heterocycles. The van der Waals surface area contributed by atoms with Crippen molar-refractivity contribution in [3.8, 4) is 0 Å². The number of amides is 1. The third-order valence-corrected chi connectivity index (χ3v) is 4.78. The van der Waals surface area contributed by atoms with E-state index in [1.807, 2.05) is 18.6 Å². The number of aliphatic imine (C=N–C) groups is 1. The molecule has 1 aliphatic heterocycles. The fourth-order valence-electron chi connectivity index (χ4n) is 2.32. The summed E-state index contributed by atoms with van der Waals surface area (Å²) in [5.41, 5.74) is 0. The van der Waals surface area contributed by atoms with Crippen LogP contribution in [0.5, 0.6) is 0 Å². The number of carbonyl (C=O) groups is 1. The molecule has 9 heteroatoms. The largest absolute Gasteiger partial charge is 0.381 e. The van der Waals surface area contributed by atoms with Gasteiger partial charge in [-0.05, 0) is 6.42 Å². The van der Waals surface area contributed by atoms with E-state index in [-0.39, 0.29) is 36.4 Å². The number of halogens is 1. The molecule has 1 saturated heterocycles. The zero-order valence-corrected chi connectivity index (χ0v) is 18.3. The summed E-state index contributed by atoms with van der Waals surface area (Å²) < 4.78 is 5.41. The van der Waals surface area contributed by atoms with Gasteiger partial charge >= 0.3 is 0 Å². The summed E-state index contributed by atoms with van der Waals surface area (Å²) in [5.74, 6) is 1.26. The van der Waals surface area contributed by atoms with Crippen LogP contribution in [-0.4, -0.2) is 80.6 Å². The Balaban J connectivity index is 0.00000312. The van der Waals surface area contributed by atoms with Crippen molar-refractivity contribution in [1.29, 1.82) is 0 Å².